The topological polar surface area (TPSA) is 41.1 Å². The number of amides is 1. The number of carbonyl (C=O) groups excluding carboxylic acids is 1. The van der Waals surface area contributed by atoms with E-state index >= 15 is 0 Å². The van der Waals surface area contributed by atoms with Gasteiger partial charge in [-0.15, -0.1) is 0 Å². The van der Waals surface area contributed by atoms with Gasteiger partial charge < -0.3 is 0 Å². The number of anilines is 1. The molecular formula is C13H16N2O. The van der Waals surface area contributed by atoms with Crippen LogP contribution in [0, 0.1) is 5.92 Å². The molecule has 84 valence electrons. The molecule has 0 bridgehead atoms. The standard InChI is InChI=1S/C13H16N2O/c16-13(11-7-3-1-4-8-11)15-14-12-9-5-2-6-10-12/h1-3,5-6,9-11,14H,4,7-8H2,(H,15,16). The third-order valence-corrected chi connectivity index (χ3v) is 2.74. The van der Waals surface area contributed by atoms with Crippen LogP contribution in [0.1, 0.15) is 19.3 Å². The van der Waals surface area contributed by atoms with E-state index in [-0.39, 0.29) is 11.8 Å². The number of hydrogen-bond donors (Lipinski definition) is 2. The smallest absolute Gasteiger partial charge is 0.241 e. The van der Waals surface area contributed by atoms with Crippen molar-refractivity contribution in [2.24, 2.45) is 5.92 Å². The Balaban J connectivity index is 1.82. The molecular weight excluding hydrogens is 200 g/mol. The van der Waals surface area contributed by atoms with E-state index in [0.29, 0.717) is 0 Å². The lowest BCUT2D eigenvalue weighted by atomic mass is 9.94. The summed E-state index contributed by atoms with van der Waals surface area (Å²) in [7, 11) is 0. The van der Waals surface area contributed by atoms with Gasteiger partial charge in [-0.1, -0.05) is 30.4 Å². The fourth-order valence-corrected chi connectivity index (χ4v) is 1.79. The number of para-hydroxylation sites is 1. The molecule has 1 aliphatic rings. The van der Waals surface area contributed by atoms with E-state index in [9.17, 15) is 4.79 Å². The van der Waals surface area contributed by atoms with Gasteiger partial charge in [0.1, 0.15) is 0 Å². The molecule has 0 aromatic heterocycles. The quantitative estimate of drug-likeness (QED) is 0.602. The molecule has 1 unspecified atom stereocenters. The van der Waals surface area contributed by atoms with Crippen LogP contribution in [-0.4, -0.2) is 5.91 Å². The number of carbonyl (C=O) groups is 1. The lowest BCUT2D eigenvalue weighted by molar-refractivity contribution is -0.124. The van der Waals surface area contributed by atoms with Crippen LogP contribution in [-0.2, 0) is 4.79 Å². The average Bonchev–Trinajstić information content (AvgIpc) is 2.38. The summed E-state index contributed by atoms with van der Waals surface area (Å²) in [6, 6.07) is 9.64. The summed E-state index contributed by atoms with van der Waals surface area (Å²) in [6.45, 7) is 0. The number of hydrogen-bond acceptors (Lipinski definition) is 2. The molecule has 0 fully saturated rings. The van der Waals surface area contributed by atoms with Gasteiger partial charge in [-0.05, 0) is 31.4 Å². The molecule has 0 heterocycles. The summed E-state index contributed by atoms with van der Waals surface area (Å²) in [4.78, 5) is 11.8. The first-order valence-corrected chi connectivity index (χ1v) is 5.62. The van der Waals surface area contributed by atoms with Crippen LogP contribution < -0.4 is 10.9 Å². The highest BCUT2D eigenvalue weighted by molar-refractivity contribution is 5.80. The zero-order valence-electron chi connectivity index (χ0n) is 9.15. The van der Waals surface area contributed by atoms with Gasteiger partial charge in [-0.2, -0.15) is 0 Å². The summed E-state index contributed by atoms with van der Waals surface area (Å²) >= 11 is 0. The van der Waals surface area contributed by atoms with Crippen LogP contribution in [0.2, 0.25) is 0 Å². The third-order valence-electron chi connectivity index (χ3n) is 2.74. The number of hydrazine groups is 1. The van der Waals surface area contributed by atoms with E-state index in [2.05, 4.69) is 23.0 Å². The predicted molar refractivity (Wildman–Crippen MR) is 64.7 cm³/mol. The van der Waals surface area contributed by atoms with E-state index in [1.54, 1.807) is 0 Å². The minimum Gasteiger partial charge on any atom is -0.299 e. The zero-order valence-corrected chi connectivity index (χ0v) is 9.15. The first-order chi connectivity index (χ1) is 7.86. The number of rotatable bonds is 3. The molecule has 0 aliphatic heterocycles. The van der Waals surface area contributed by atoms with Gasteiger partial charge in [-0.25, -0.2) is 0 Å². The first-order valence-electron chi connectivity index (χ1n) is 5.62. The van der Waals surface area contributed by atoms with Crippen LogP contribution in [0.5, 0.6) is 0 Å². The molecule has 2 rings (SSSR count). The Hall–Kier alpha value is -1.77. The van der Waals surface area contributed by atoms with Crippen molar-refractivity contribution in [1.82, 2.24) is 5.43 Å². The molecule has 2 N–H and O–H groups in total. The van der Waals surface area contributed by atoms with Gasteiger partial charge >= 0.3 is 0 Å². The Labute approximate surface area is 95.5 Å². The molecule has 1 atom stereocenters. The molecule has 3 nitrogen and oxygen atoms in total. The first kappa shape index (κ1) is 10.7. The van der Waals surface area contributed by atoms with Crippen LogP contribution in [0.4, 0.5) is 5.69 Å². The van der Waals surface area contributed by atoms with E-state index in [4.69, 9.17) is 0 Å². The van der Waals surface area contributed by atoms with Gasteiger partial charge in [0.05, 0.1) is 5.69 Å². The highest BCUT2D eigenvalue weighted by Crippen LogP contribution is 2.18. The van der Waals surface area contributed by atoms with Crippen LogP contribution in [0.15, 0.2) is 42.5 Å². The lowest BCUT2D eigenvalue weighted by Crippen LogP contribution is -2.35. The fraction of sp³-hybridized carbons (Fsp3) is 0.308. The maximum Gasteiger partial charge on any atom is 0.241 e. The van der Waals surface area contributed by atoms with Crippen LogP contribution in [0.3, 0.4) is 0 Å². The van der Waals surface area contributed by atoms with Gasteiger partial charge in [0.25, 0.3) is 0 Å². The van der Waals surface area contributed by atoms with Crippen molar-refractivity contribution < 1.29 is 4.79 Å². The molecule has 0 saturated carbocycles. The molecule has 1 aliphatic carbocycles. The van der Waals surface area contributed by atoms with E-state index < -0.39 is 0 Å². The summed E-state index contributed by atoms with van der Waals surface area (Å²) < 4.78 is 0. The van der Waals surface area contributed by atoms with Gasteiger partial charge in [0.15, 0.2) is 0 Å². The fourth-order valence-electron chi connectivity index (χ4n) is 1.79. The maximum atomic E-state index is 11.8. The van der Waals surface area contributed by atoms with E-state index in [1.807, 2.05) is 30.3 Å². The Bertz CT molecular complexity index is 373. The number of allylic oxidation sites excluding steroid dienone is 2. The Morgan fingerprint density at radius 2 is 2.00 bits per heavy atom. The van der Waals surface area contributed by atoms with Crippen molar-refractivity contribution in [3.05, 3.63) is 42.5 Å². The Morgan fingerprint density at radius 1 is 1.19 bits per heavy atom. The van der Waals surface area contributed by atoms with Crippen LogP contribution >= 0.6 is 0 Å². The molecule has 3 heteroatoms. The average molecular weight is 216 g/mol. The normalized spacial score (nSPS) is 19.1. The Morgan fingerprint density at radius 3 is 2.69 bits per heavy atom. The van der Waals surface area contributed by atoms with Crippen LogP contribution in [0.25, 0.3) is 0 Å². The molecule has 1 aromatic rings. The van der Waals surface area contributed by atoms with Gasteiger partial charge in [0.2, 0.25) is 5.91 Å². The third kappa shape index (κ3) is 2.86. The molecule has 1 amide bonds. The highest BCUT2D eigenvalue weighted by atomic mass is 16.2. The second kappa shape index (κ2) is 5.35. The predicted octanol–water partition coefficient (Wildman–Crippen LogP) is 2.49. The molecule has 1 aromatic carbocycles. The largest absolute Gasteiger partial charge is 0.299 e. The number of nitrogens with one attached hydrogen (secondary N) is 2. The summed E-state index contributed by atoms with van der Waals surface area (Å²) in [6.07, 6.45) is 7.01. The van der Waals surface area contributed by atoms with Gasteiger partial charge in [0, 0.05) is 5.92 Å². The van der Waals surface area contributed by atoms with Crippen molar-refractivity contribution in [1.29, 1.82) is 0 Å². The number of benzene rings is 1. The molecule has 16 heavy (non-hydrogen) atoms. The minimum absolute atomic E-state index is 0.0770. The molecule has 0 radical (unpaired) electrons. The second-order valence-corrected chi connectivity index (χ2v) is 3.96. The summed E-state index contributed by atoms with van der Waals surface area (Å²) in [5.74, 6) is 0.189. The highest BCUT2D eigenvalue weighted by Gasteiger charge is 2.17. The zero-order chi connectivity index (χ0) is 11.2. The van der Waals surface area contributed by atoms with E-state index in [1.165, 1.54) is 0 Å². The molecule has 0 spiro atoms. The maximum absolute atomic E-state index is 11.8. The van der Waals surface area contributed by atoms with Crippen molar-refractivity contribution >= 4 is 11.6 Å². The Kier molecular flexibility index (Phi) is 3.59. The minimum atomic E-state index is 0.0770. The van der Waals surface area contributed by atoms with Gasteiger partial charge in [-0.3, -0.25) is 15.6 Å². The second-order valence-electron chi connectivity index (χ2n) is 3.96. The van der Waals surface area contributed by atoms with Crippen molar-refractivity contribution in [3.63, 3.8) is 0 Å². The van der Waals surface area contributed by atoms with Crippen molar-refractivity contribution in [3.8, 4) is 0 Å². The SMILES string of the molecule is O=C(NNc1ccccc1)C1CC=CCC1. The lowest BCUT2D eigenvalue weighted by Gasteiger charge is -2.17. The summed E-state index contributed by atoms with van der Waals surface area (Å²) in [5.41, 5.74) is 6.57. The summed E-state index contributed by atoms with van der Waals surface area (Å²) in [5, 5.41) is 0. The molecule has 0 saturated heterocycles. The van der Waals surface area contributed by atoms with E-state index in [0.717, 1.165) is 24.9 Å². The monoisotopic (exact) mass is 216 g/mol. The van der Waals surface area contributed by atoms with Crippen molar-refractivity contribution in [2.45, 2.75) is 19.3 Å². The van der Waals surface area contributed by atoms with Crippen molar-refractivity contribution in [2.75, 3.05) is 5.43 Å².